The summed E-state index contributed by atoms with van der Waals surface area (Å²) in [6.07, 6.45) is 7.19. The molecule has 1 aliphatic rings. The Kier molecular flexibility index (Phi) is 2.82. The summed E-state index contributed by atoms with van der Waals surface area (Å²) in [6, 6.07) is 3.61. The number of pyridine rings is 1. The number of nitrogens with zero attached hydrogens (tertiary/aromatic N) is 1. The molecule has 0 aliphatic heterocycles. The zero-order valence-electron chi connectivity index (χ0n) is 8.78. The van der Waals surface area contributed by atoms with E-state index in [4.69, 9.17) is 5.73 Å². The standard InChI is InChI=1S/C12H16N2O/c13-9-12(4-1-2-5-12)11-7-10(8-15)3-6-14-11/h3,6-8H,1-2,4-5,9,13H2. The van der Waals surface area contributed by atoms with Gasteiger partial charge in [0.25, 0.3) is 0 Å². The Bertz CT molecular complexity index is 356. The Morgan fingerprint density at radius 1 is 1.47 bits per heavy atom. The first-order chi connectivity index (χ1) is 7.30. The van der Waals surface area contributed by atoms with Crippen LogP contribution in [0.3, 0.4) is 0 Å². The molecule has 1 aromatic heterocycles. The second-order valence-electron chi connectivity index (χ2n) is 4.28. The van der Waals surface area contributed by atoms with Crippen LogP contribution in [-0.4, -0.2) is 17.8 Å². The maximum Gasteiger partial charge on any atom is 0.150 e. The van der Waals surface area contributed by atoms with E-state index in [0.717, 1.165) is 24.8 Å². The van der Waals surface area contributed by atoms with Crippen LogP contribution in [0, 0.1) is 0 Å². The zero-order valence-corrected chi connectivity index (χ0v) is 8.78. The summed E-state index contributed by atoms with van der Waals surface area (Å²) < 4.78 is 0. The van der Waals surface area contributed by atoms with Crippen molar-refractivity contribution in [3.8, 4) is 0 Å². The van der Waals surface area contributed by atoms with Gasteiger partial charge in [-0.2, -0.15) is 0 Å². The fraction of sp³-hybridized carbons (Fsp3) is 0.500. The molecule has 2 rings (SSSR count). The Labute approximate surface area is 89.7 Å². The molecule has 0 radical (unpaired) electrons. The van der Waals surface area contributed by atoms with Gasteiger partial charge in [0.15, 0.2) is 0 Å². The first-order valence-corrected chi connectivity index (χ1v) is 5.42. The minimum Gasteiger partial charge on any atom is -0.330 e. The Morgan fingerprint density at radius 3 is 2.80 bits per heavy atom. The quantitative estimate of drug-likeness (QED) is 0.762. The summed E-state index contributed by atoms with van der Waals surface area (Å²) in [5, 5.41) is 0. The van der Waals surface area contributed by atoms with Gasteiger partial charge in [-0.1, -0.05) is 12.8 Å². The smallest absolute Gasteiger partial charge is 0.150 e. The summed E-state index contributed by atoms with van der Waals surface area (Å²) in [5.74, 6) is 0. The maximum absolute atomic E-state index is 10.7. The predicted molar refractivity (Wildman–Crippen MR) is 58.8 cm³/mol. The Hall–Kier alpha value is -1.22. The lowest BCUT2D eigenvalue weighted by Crippen LogP contribution is -2.33. The van der Waals surface area contributed by atoms with Gasteiger partial charge < -0.3 is 5.73 Å². The second-order valence-corrected chi connectivity index (χ2v) is 4.28. The molecular weight excluding hydrogens is 188 g/mol. The minimum absolute atomic E-state index is 0.0268. The van der Waals surface area contributed by atoms with Crippen molar-refractivity contribution in [1.82, 2.24) is 4.98 Å². The lowest BCUT2D eigenvalue weighted by molar-refractivity contribution is 0.112. The summed E-state index contributed by atoms with van der Waals surface area (Å²) in [7, 11) is 0. The van der Waals surface area contributed by atoms with Crippen LogP contribution in [0.5, 0.6) is 0 Å². The molecule has 0 spiro atoms. The number of hydrogen-bond acceptors (Lipinski definition) is 3. The van der Waals surface area contributed by atoms with Crippen molar-refractivity contribution in [2.45, 2.75) is 31.1 Å². The molecular formula is C12H16N2O. The van der Waals surface area contributed by atoms with E-state index in [1.54, 1.807) is 12.3 Å². The van der Waals surface area contributed by atoms with Crippen LogP contribution >= 0.6 is 0 Å². The van der Waals surface area contributed by atoms with E-state index >= 15 is 0 Å². The average molecular weight is 204 g/mol. The molecule has 80 valence electrons. The third-order valence-corrected chi connectivity index (χ3v) is 3.41. The van der Waals surface area contributed by atoms with Gasteiger partial charge in [-0.05, 0) is 25.0 Å². The molecule has 0 aromatic carbocycles. The molecule has 1 aliphatic carbocycles. The fourth-order valence-electron chi connectivity index (χ4n) is 2.43. The normalized spacial score (nSPS) is 19.0. The molecule has 2 N–H and O–H groups in total. The summed E-state index contributed by atoms with van der Waals surface area (Å²) in [6.45, 7) is 0.627. The molecule has 1 saturated carbocycles. The van der Waals surface area contributed by atoms with Crippen molar-refractivity contribution in [2.75, 3.05) is 6.54 Å². The Balaban J connectivity index is 2.37. The summed E-state index contributed by atoms with van der Waals surface area (Å²) in [4.78, 5) is 15.1. The number of aromatic nitrogens is 1. The van der Waals surface area contributed by atoms with Gasteiger partial charge in [-0.3, -0.25) is 9.78 Å². The van der Waals surface area contributed by atoms with Gasteiger partial charge in [0.05, 0.1) is 0 Å². The highest BCUT2D eigenvalue weighted by molar-refractivity contribution is 5.74. The number of aldehydes is 1. The summed E-state index contributed by atoms with van der Waals surface area (Å²) >= 11 is 0. The van der Waals surface area contributed by atoms with Crippen molar-refractivity contribution in [3.63, 3.8) is 0 Å². The largest absolute Gasteiger partial charge is 0.330 e. The summed E-state index contributed by atoms with van der Waals surface area (Å²) in [5.41, 5.74) is 7.58. The lowest BCUT2D eigenvalue weighted by Gasteiger charge is -2.26. The Morgan fingerprint density at radius 2 is 2.20 bits per heavy atom. The van der Waals surface area contributed by atoms with Gasteiger partial charge in [0, 0.05) is 29.4 Å². The van der Waals surface area contributed by atoms with Crippen LogP contribution in [0.1, 0.15) is 41.7 Å². The van der Waals surface area contributed by atoms with E-state index in [9.17, 15) is 4.79 Å². The third-order valence-electron chi connectivity index (χ3n) is 3.41. The van der Waals surface area contributed by atoms with Crippen LogP contribution < -0.4 is 5.73 Å². The van der Waals surface area contributed by atoms with Crippen molar-refractivity contribution in [1.29, 1.82) is 0 Å². The first kappa shape index (κ1) is 10.3. The molecule has 0 saturated heterocycles. The number of hydrogen-bond donors (Lipinski definition) is 1. The second kappa shape index (κ2) is 4.11. The number of rotatable bonds is 3. The molecule has 1 aromatic rings. The van der Waals surface area contributed by atoms with Gasteiger partial charge in [0.1, 0.15) is 6.29 Å². The number of carbonyl (C=O) groups is 1. The van der Waals surface area contributed by atoms with Crippen LogP contribution in [0.2, 0.25) is 0 Å². The average Bonchev–Trinajstić information content (AvgIpc) is 2.79. The van der Waals surface area contributed by atoms with Crippen molar-refractivity contribution in [2.24, 2.45) is 5.73 Å². The topological polar surface area (TPSA) is 56.0 Å². The van der Waals surface area contributed by atoms with E-state index in [1.807, 2.05) is 6.07 Å². The highest BCUT2D eigenvalue weighted by atomic mass is 16.1. The number of carbonyl (C=O) groups excluding carboxylic acids is 1. The van der Waals surface area contributed by atoms with Gasteiger partial charge in [0.2, 0.25) is 0 Å². The third kappa shape index (κ3) is 1.79. The molecule has 3 nitrogen and oxygen atoms in total. The van der Waals surface area contributed by atoms with E-state index in [2.05, 4.69) is 4.98 Å². The molecule has 0 unspecified atom stereocenters. The van der Waals surface area contributed by atoms with Gasteiger partial charge in [-0.25, -0.2) is 0 Å². The highest BCUT2D eigenvalue weighted by Gasteiger charge is 2.35. The molecule has 0 amide bonds. The lowest BCUT2D eigenvalue weighted by atomic mass is 9.82. The van der Waals surface area contributed by atoms with E-state index in [0.29, 0.717) is 12.1 Å². The van der Waals surface area contributed by atoms with Crippen LogP contribution in [0.15, 0.2) is 18.3 Å². The molecule has 1 fully saturated rings. The molecule has 3 heteroatoms. The van der Waals surface area contributed by atoms with E-state index in [-0.39, 0.29) is 5.41 Å². The van der Waals surface area contributed by atoms with Crippen LogP contribution in [0.4, 0.5) is 0 Å². The predicted octanol–water partition coefficient (Wildman–Crippen LogP) is 1.66. The number of nitrogens with two attached hydrogens (primary N) is 1. The van der Waals surface area contributed by atoms with Gasteiger partial charge >= 0.3 is 0 Å². The first-order valence-electron chi connectivity index (χ1n) is 5.42. The minimum atomic E-state index is 0.0268. The highest BCUT2D eigenvalue weighted by Crippen LogP contribution is 2.39. The van der Waals surface area contributed by atoms with Crippen molar-refractivity contribution < 1.29 is 4.79 Å². The molecule has 0 atom stereocenters. The zero-order chi connectivity index (χ0) is 10.7. The van der Waals surface area contributed by atoms with Crippen LogP contribution in [-0.2, 0) is 5.41 Å². The van der Waals surface area contributed by atoms with Crippen molar-refractivity contribution in [3.05, 3.63) is 29.6 Å². The van der Waals surface area contributed by atoms with E-state index < -0.39 is 0 Å². The SMILES string of the molecule is NCC1(c2cc(C=O)ccn2)CCCC1. The maximum atomic E-state index is 10.7. The molecule has 1 heterocycles. The van der Waals surface area contributed by atoms with Crippen molar-refractivity contribution >= 4 is 6.29 Å². The van der Waals surface area contributed by atoms with Gasteiger partial charge in [-0.15, -0.1) is 0 Å². The molecule has 15 heavy (non-hydrogen) atoms. The monoisotopic (exact) mass is 204 g/mol. The van der Waals surface area contributed by atoms with E-state index in [1.165, 1.54) is 12.8 Å². The van der Waals surface area contributed by atoms with Crippen LogP contribution in [0.25, 0.3) is 0 Å². The molecule has 0 bridgehead atoms. The fourth-order valence-corrected chi connectivity index (χ4v) is 2.43.